The van der Waals surface area contributed by atoms with Gasteiger partial charge in [0.25, 0.3) is 0 Å². The van der Waals surface area contributed by atoms with Gasteiger partial charge in [0, 0.05) is 25.7 Å². The summed E-state index contributed by atoms with van der Waals surface area (Å²) in [5, 5.41) is 0. The van der Waals surface area contributed by atoms with E-state index in [1.807, 2.05) is 6.92 Å². The molecular weight excluding hydrogens is 286 g/mol. The summed E-state index contributed by atoms with van der Waals surface area (Å²) in [4.78, 5) is 2.30. The summed E-state index contributed by atoms with van der Waals surface area (Å²) >= 11 is 0. The second kappa shape index (κ2) is 7.62. The minimum absolute atomic E-state index is 0.0155. The molecule has 122 valence electrons. The third-order valence-electron chi connectivity index (χ3n) is 4.31. The van der Waals surface area contributed by atoms with Crippen LogP contribution in [0.2, 0.25) is 0 Å². The number of anilines is 1. The molecule has 0 aromatic heterocycles. The van der Waals surface area contributed by atoms with E-state index in [-0.39, 0.29) is 12.6 Å². The van der Waals surface area contributed by atoms with Crippen molar-refractivity contribution < 1.29 is 9.47 Å². The molecule has 1 aliphatic rings. The van der Waals surface area contributed by atoms with Gasteiger partial charge in [0.2, 0.25) is 0 Å². The number of hydrogen-bond acceptors (Lipinski definition) is 3. The second-order valence-electron chi connectivity index (χ2n) is 6.13. The van der Waals surface area contributed by atoms with Gasteiger partial charge in [-0.05, 0) is 43.0 Å². The Morgan fingerprint density at radius 2 is 1.52 bits per heavy atom. The van der Waals surface area contributed by atoms with Crippen molar-refractivity contribution in [3.05, 3.63) is 65.7 Å². The first-order valence-corrected chi connectivity index (χ1v) is 8.35. The molecule has 0 spiro atoms. The molecule has 1 fully saturated rings. The normalized spacial score (nSPS) is 20.1. The van der Waals surface area contributed by atoms with Crippen molar-refractivity contribution in [2.45, 2.75) is 38.8 Å². The minimum Gasteiger partial charge on any atom is -0.374 e. The van der Waals surface area contributed by atoms with Crippen LogP contribution in [0.1, 0.15) is 24.5 Å². The van der Waals surface area contributed by atoms with Crippen molar-refractivity contribution in [1.82, 2.24) is 0 Å². The highest BCUT2D eigenvalue weighted by molar-refractivity contribution is 5.47. The van der Waals surface area contributed by atoms with Crippen LogP contribution in [0.4, 0.5) is 5.69 Å². The summed E-state index contributed by atoms with van der Waals surface area (Å²) in [6.07, 6.45) is 2.94. The van der Waals surface area contributed by atoms with Gasteiger partial charge in [0.05, 0.1) is 0 Å². The molecule has 2 aromatic rings. The number of rotatable bonds is 7. The molecule has 0 radical (unpaired) electrons. The summed E-state index contributed by atoms with van der Waals surface area (Å²) in [5.41, 5.74) is 3.97. The highest BCUT2D eigenvalue weighted by Gasteiger charge is 2.25. The third-order valence-corrected chi connectivity index (χ3v) is 4.31. The Hall–Kier alpha value is -1.84. The largest absolute Gasteiger partial charge is 0.374 e. The van der Waals surface area contributed by atoms with Gasteiger partial charge in [0.15, 0.2) is 12.6 Å². The lowest BCUT2D eigenvalue weighted by molar-refractivity contribution is -0.376. The Labute approximate surface area is 138 Å². The van der Waals surface area contributed by atoms with Crippen molar-refractivity contribution in [2.24, 2.45) is 0 Å². The van der Waals surface area contributed by atoms with Gasteiger partial charge in [-0.25, -0.2) is 0 Å². The van der Waals surface area contributed by atoms with Gasteiger partial charge in [0.1, 0.15) is 0 Å². The van der Waals surface area contributed by atoms with Crippen LogP contribution >= 0.6 is 0 Å². The highest BCUT2D eigenvalue weighted by atomic mass is 16.9. The van der Waals surface area contributed by atoms with Gasteiger partial charge in [-0.2, -0.15) is 0 Å². The van der Waals surface area contributed by atoms with Crippen molar-refractivity contribution in [2.75, 3.05) is 18.5 Å². The maximum absolute atomic E-state index is 5.47. The number of likely N-dealkylation sites (N-methyl/N-ethyl adjacent to an activating group) is 1. The summed E-state index contributed by atoms with van der Waals surface area (Å²) < 4.78 is 10.9. The fraction of sp³-hybridized carbons (Fsp3) is 0.400. The van der Waals surface area contributed by atoms with Gasteiger partial charge in [-0.15, -0.1) is 0 Å². The van der Waals surface area contributed by atoms with Crippen molar-refractivity contribution in [1.29, 1.82) is 0 Å². The van der Waals surface area contributed by atoms with Crippen molar-refractivity contribution >= 4 is 5.69 Å². The van der Waals surface area contributed by atoms with Gasteiger partial charge in [-0.3, -0.25) is 0 Å². The average Bonchev–Trinajstić information content (AvgIpc) is 2.57. The second-order valence-corrected chi connectivity index (χ2v) is 6.13. The fourth-order valence-electron chi connectivity index (χ4n) is 2.85. The standard InChI is InChI=1S/C20H25NO2/c1-16-22-20(23-16)13-10-18-8-11-19(12-9-18)21(2)15-14-17-6-4-3-5-7-17/h3-9,11-12,16,20H,10,13-15H2,1-2H3. The minimum atomic E-state index is -0.0272. The molecule has 0 bridgehead atoms. The van der Waals surface area contributed by atoms with Gasteiger partial charge < -0.3 is 14.4 Å². The molecule has 0 N–H and O–H groups in total. The van der Waals surface area contributed by atoms with E-state index in [1.165, 1.54) is 16.8 Å². The van der Waals surface area contributed by atoms with E-state index < -0.39 is 0 Å². The zero-order valence-corrected chi connectivity index (χ0v) is 13.9. The SMILES string of the molecule is CC1OC(CCc2ccc(N(C)CCc3ccccc3)cc2)O1. The first-order chi connectivity index (χ1) is 11.2. The predicted molar refractivity (Wildman–Crippen MR) is 93.6 cm³/mol. The molecule has 3 nitrogen and oxygen atoms in total. The third kappa shape index (κ3) is 4.57. The Morgan fingerprint density at radius 1 is 0.870 bits per heavy atom. The highest BCUT2D eigenvalue weighted by Crippen LogP contribution is 2.21. The van der Waals surface area contributed by atoms with Crippen LogP contribution in [0.15, 0.2) is 54.6 Å². The summed E-state index contributed by atoms with van der Waals surface area (Å²) in [6.45, 7) is 2.95. The molecule has 1 aliphatic heterocycles. The number of aryl methyl sites for hydroxylation is 1. The smallest absolute Gasteiger partial charge is 0.164 e. The molecule has 0 aliphatic carbocycles. The molecule has 23 heavy (non-hydrogen) atoms. The van der Waals surface area contributed by atoms with Crippen LogP contribution in [-0.4, -0.2) is 26.2 Å². The van der Waals surface area contributed by atoms with E-state index in [9.17, 15) is 0 Å². The molecule has 1 saturated heterocycles. The summed E-state index contributed by atoms with van der Waals surface area (Å²) in [7, 11) is 2.15. The molecule has 3 heteroatoms. The number of ether oxygens (including phenoxy) is 2. The predicted octanol–water partition coefficient (Wildman–Crippen LogP) is 4.02. The van der Waals surface area contributed by atoms with E-state index in [0.29, 0.717) is 0 Å². The Kier molecular flexibility index (Phi) is 5.31. The van der Waals surface area contributed by atoms with E-state index in [2.05, 4.69) is 66.5 Å². The Morgan fingerprint density at radius 3 is 2.17 bits per heavy atom. The zero-order valence-electron chi connectivity index (χ0n) is 13.9. The number of benzene rings is 2. The first kappa shape index (κ1) is 16.0. The molecule has 0 unspecified atom stereocenters. The van der Waals surface area contributed by atoms with Crippen LogP contribution in [0.25, 0.3) is 0 Å². The van der Waals surface area contributed by atoms with Crippen LogP contribution < -0.4 is 4.90 Å². The van der Waals surface area contributed by atoms with Crippen LogP contribution in [0.5, 0.6) is 0 Å². The topological polar surface area (TPSA) is 21.7 Å². The fourth-order valence-corrected chi connectivity index (χ4v) is 2.85. The molecule has 0 saturated carbocycles. The van der Waals surface area contributed by atoms with Crippen LogP contribution in [0.3, 0.4) is 0 Å². The van der Waals surface area contributed by atoms with Crippen molar-refractivity contribution in [3.8, 4) is 0 Å². The molecule has 0 atom stereocenters. The number of hydrogen-bond donors (Lipinski definition) is 0. The summed E-state index contributed by atoms with van der Waals surface area (Å²) in [6, 6.07) is 19.4. The molecule has 0 amide bonds. The van der Waals surface area contributed by atoms with E-state index in [4.69, 9.17) is 9.47 Å². The Balaban J connectivity index is 1.46. The zero-order chi connectivity index (χ0) is 16.1. The Bertz CT molecular complexity index is 591. The van der Waals surface area contributed by atoms with E-state index >= 15 is 0 Å². The average molecular weight is 311 g/mol. The molecule has 1 heterocycles. The molecule has 3 rings (SSSR count). The lowest BCUT2D eigenvalue weighted by atomic mass is 10.1. The summed E-state index contributed by atoms with van der Waals surface area (Å²) in [5.74, 6) is 0. The monoisotopic (exact) mass is 311 g/mol. The maximum Gasteiger partial charge on any atom is 0.164 e. The quantitative estimate of drug-likeness (QED) is 0.771. The lowest BCUT2D eigenvalue weighted by Crippen LogP contribution is -2.38. The van der Waals surface area contributed by atoms with Crippen LogP contribution in [-0.2, 0) is 22.3 Å². The lowest BCUT2D eigenvalue weighted by Gasteiger charge is -2.33. The van der Waals surface area contributed by atoms with E-state index in [0.717, 1.165) is 25.8 Å². The van der Waals surface area contributed by atoms with E-state index in [1.54, 1.807) is 0 Å². The van der Waals surface area contributed by atoms with Crippen molar-refractivity contribution in [3.63, 3.8) is 0 Å². The molecule has 2 aromatic carbocycles. The maximum atomic E-state index is 5.47. The number of nitrogens with zero attached hydrogens (tertiary/aromatic N) is 1. The van der Waals surface area contributed by atoms with Gasteiger partial charge in [-0.1, -0.05) is 42.5 Å². The first-order valence-electron chi connectivity index (χ1n) is 8.35. The van der Waals surface area contributed by atoms with Gasteiger partial charge >= 0.3 is 0 Å². The molecular formula is C20H25NO2. The van der Waals surface area contributed by atoms with Crippen LogP contribution in [0, 0.1) is 0 Å².